The predicted octanol–water partition coefficient (Wildman–Crippen LogP) is 4.40. The molecule has 0 aliphatic carbocycles. The minimum absolute atomic E-state index is 0. The van der Waals surface area contributed by atoms with Crippen LogP contribution < -0.4 is 5.32 Å². The minimum atomic E-state index is -0.226. The largest absolute Gasteiger partial charge is 0.338 e. The van der Waals surface area contributed by atoms with Crippen molar-refractivity contribution in [3.63, 3.8) is 0 Å². The van der Waals surface area contributed by atoms with Gasteiger partial charge in [0, 0.05) is 25.1 Å². The van der Waals surface area contributed by atoms with Gasteiger partial charge in [-0.05, 0) is 50.3 Å². The molecule has 3 nitrogen and oxygen atoms in total. The van der Waals surface area contributed by atoms with Gasteiger partial charge in [0.1, 0.15) is 5.82 Å². The van der Waals surface area contributed by atoms with Crippen LogP contribution in [-0.4, -0.2) is 30.4 Å². The predicted molar refractivity (Wildman–Crippen MR) is 103 cm³/mol. The number of nitrogens with zero attached hydrogens (tertiary/aromatic N) is 1. The molecular weight excluding hydrogens is 339 g/mol. The van der Waals surface area contributed by atoms with E-state index in [1.54, 1.807) is 12.1 Å². The molecule has 1 aliphatic rings. The van der Waals surface area contributed by atoms with E-state index >= 15 is 0 Å². The maximum atomic E-state index is 13.9. The third-order valence-electron chi connectivity index (χ3n) is 5.09. The van der Waals surface area contributed by atoms with E-state index in [9.17, 15) is 9.18 Å². The molecule has 1 saturated heterocycles. The highest BCUT2D eigenvalue weighted by Crippen LogP contribution is 2.24. The van der Waals surface area contributed by atoms with Crippen LogP contribution >= 0.6 is 12.4 Å². The van der Waals surface area contributed by atoms with Crippen LogP contribution in [0, 0.1) is 17.7 Å². The molecule has 0 bridgehead atoms. The lowest BCUT2D eigenvalue weighted by atomic mass is 9.85. The van der Waals surface area contributed by atoms with Gasteiger partial charge in [0.2, 0.25) is 5.91 Å². The fourth-order valence-corrected chi connectivity index (χ4v) is 3.41. The van der Waals surface area contributed by atoms with Crippen LogP contribution in [0.3, 0.4) is 0 Å². The first kappa shape index (κ1) is 21.9. The summed E-state index contributed by atoms with van der Waals surface area (Å²) in [5.41, 5.74) is 0.605. The average Bonchev–Trinajstić information content (AvgIpc) is 2.60. The Balaban J connectivity index is 0.00000312. The molecule has 0 aromatic heterocycles. The topological polar surface area (TPSA) is 32.3 Å². The Labute approximate surface area is 157 Å². The Kier molecular flexibility index (Phi) is 10.1. The number of amides is 1. The van der Waals surface area contributed by atoms with Gasteiger partial charge < -0.3 is 10.2 Å². The summed E-state index contributed by atoms with van der Waals surface area (Å²) >= 11 is 0. The number of piperidine rings is 1. The zero-order chi connectivity index (χ0) is 17.4. The van der Waals surface area contributed by atoms with E-state index in [0.717, 1.165) is 25.9 Å². The van der Waals surface area contributed by atoms with Gasteiger partial charge in [-0.25, -0.2) is 4.39 Å². The van der Waals surface area contributed by atoms with Crippen LogP contribution in [0.4, 0.5) is 4.39 Å². The van der Waals surface area contributed by atoms with Gasteiger partial charge >= 0.3 is 0 Å². The molecular formula is C20H32ClFN2O. The van der Waals surface area contributed by atoms with Gasteiger partial charge in [-0.1, -0.05) is 38.5 Å². The van der Waals surface area contributed by atoms with Gasteiger partial charge in [-0.15, -0.1) is 12.4 Å². The monoisotopic (exact) mass is 370 g/mol. The van der Waals surface area contributed by atoms with Crippen LogP contribution in [0.25, 0.3) is 0 Å². The number of benzene rings is 1. The molecule has 2 rings (SSSR count). The number of hydrogen-bond acceptors (Lipinski definition) is 2. The maximum absolute atomic E-state index is 13.9. The summed E-state index contributed by atoms with van der Waals surface area (Å²) in [4.78, 5) is 14.6. The van der Waals surface area contributed by atoms with Gasteiger partial charge in [0.15, 0.2) is 0 Å². The Bertz CT molecular complexity index is 520. The van der Waals surface area contributed by atoms with Crippen molar-refractivity contribution in [1.29, 1.82) is 0 Å². The molecule has 2 unspecified atom stereocenters. The summed E-state index contributed by atoms with van der Waals surface area (Å²) in [6.07, 6.45) is 4.94. The smallest absolute Gasteiger partial charge is 0.223 e. The number of rotatable bonds is 8. The van der Waals surface area contributed by atoms with Crippen molar-refractivity contribution in [3.8, 4) is 0 Å². The normalized spacial score (nSPS) is 18.3. The Morgan fingerprint density at radius 3 is 2.80 bits per heavy atom. The van der Waals surface area contributed by atoms with E-state index in [-0.39, 0.29) is 24.1 Å². The van der Waals surface area contributed by atoms with Crippen LogP contribution in [0.5, 0.6) is 0 Å². The van der Waals surface area contributed by atoms with Gasteiger partial charge in [0.05, 0.1) is 0 Å². The maximum Gasteiger partial charge on any atom is 0.223 e. The summed E-state index contributed by atoms with van der Waals surface area (Å²) in [6, 6.07) is 6.76. The highest BCUT2D eigenvalue weighted by Gasteiger charge is 2.24. The third kappa shape index (κ3) is 6.95. The molecule has 1 N–H and O–H groups in total. The van der Waals surface area contributed by atoms with Crippen LogP contribution in [-0.2, 0) is 11.3 Å². The highest BCUT2D eigenvalue weighted by molar-refractivity contribution is 5.85. The van der Waals surface area contributed by atoms with Crippen molar-refractivity contribution in [2.45, 2.75) is 52.5 Å². The molecule has 1 amide bonds. The van der Waals surface area contributed by atoms with Crippen molar-refractivity contribution >= 4 is 18.3 Å². The summed E-state index contributed by atoms with van der Waals surface area (Å²) in [7, 11) is 0. The molecule has 142 valence electrons. The Hall–Kier alpha value is -1.13. The number of halogens is 2. The average molecular weight is 371 g/mol. The van der Waals surface area contributed by atoms with E-state index in [4.69, 9.17) is 0 Å². The third-order valence-corrected chi connectivity index (χ3v) is 5.09. The number of hydrogen-bond donors (Lipinski definition) is 1. The lowest BCUT2D eigenvalue weighted by molar-refractivity contribution is -0.133. The number of carbonyl (C=O) groups is 1. The van der Waals surface area contributed by atoms with Gasteiger partial charge in [0.25, 0.3) is 0 Å². The summed E-state index contributed by atoms with van der Waals surface area (Å²) in [5.74, 6) is 0.875. The van der Waals surface area contributed by atoms with Gasteiger partial charge in [-0.2, -0.15) is 0 Å². The molecule has 1 aliphatic heterocycles. The fourth-order valence-electron chi connectivity index (χ4n) is 3.41. The number of nitrogens with one attached hydrogen (secondary N) is 1. The van der Waals surface area contributed by atoms with E-state index in [2.05, 4.69) is 19.2 Å². The molecule has 1 heterocycles. The van der Waals surface area contributed by atoms with Crippen LogP contribution in [0.2, 0.25) is 0 Å². The summed E-state index contributed by atoms with van der Waals surface area (Å²) in [6.45, 7) is 7.48. The van der Waals surface area contributed by atoms with Crippen molar-refractivity contribution in [2.24, 2.45) is 11.8 Å². The fraction of sp³-hybridized carbons (Fsp3) is 0.650. The molecule has 2 atom stereocenters. The molecule has 1 fully saturated rings. The molecule has 1 aromatic carbocycles. The van der Waals surface area contributed by atoms with Crippen LogP contribution in [0.15, 0.2) is 24.3 Å². The lowest BCUT2D eigenvalue weighted by Gasteiger charge is -2.30. The van der Waals surface area contributed by atoms with E-state index in [0.29, 0.717) is 36.9 Å². The highest BCUT2D eigenvalue weighted by atomic mass is 35.5. The zero-order valence-electron chi connectivity index (χ0n) is 15.5. The molecule has 1 aromatic rings. The minimum Gasteiger partial charge on any atom is -0.338 e. The van der Waals surface area contributed by atoms with E-state index < -0.39 is 0 Å². The lowest BCUT2D eigenvalue weighted by Crippen LogP contribution is -2.37. The van der Waals surface area contributed by atoms with Gasteiger partial charge in [-0.3, -0.25) is 4.79 Å². The van der Waals surface area contributed by atoms with Crippen molar-refractivity contribution in [1.82, 2.24) is 10.2 Å². The van der Waals surface area contributed by atoms with Crippen molar-refractivity contribution in [2.75, 3.05) is 19.6 Å². The molecule has 0 spiro atoms. The summed E-state index contributed by atoms with van der Waals surface area (Å²) < 4.78 is 13.9. The second kappa shape index (κ2) is 11.5. The standard InChI is InChI=1S/C20H31FN2O.ClH/c1-3-4-12-23(15-18-8-5-6-10-19(18)21)20(24)13-16(2)17-9-7-11-22-14-17;/h5-6,8,10,16-17,22H,3-4,7,9,11-15H2,1-2H3;1H. The second-order valence-corrected chi connectivity index (χ2v) is 7.05. The summed E-state index contributed by atoms with van der Waals surface area (Å²) in [5, 5.41) is 3.43. The molecule has 0 radical (unpaired) electrons. The van der Waals surface area contributed by atoms with Crippen molar-refractivity contribution in [3.05, 3.63) is 35.6 Å². The zero-order valence-corrected chi connectivity index (χ0v) is 16.3. The van der Waals surface area contributed by atoms with E-state index in [1.807, 2.05) is 11.0 Å². The molecule has 0 saturated carbocycles. The second-order valence-electron chi connectivity index (χ2n) is 7.05. The first-order valence-corrected chi connectivity index (χ1v) is 9.33. The quantitative estimate of drug-likeness (QED) is 0.735. The molecule has 25 heavy (non-hydrogen) atoms. The van der Waals surface area contributed by atoms with E-state index in [1.165, 1.54) is 18.9 Å². The Morgan fingerprint density at radius 1 is 1.40 bits per heavy atom. The first-order valence-electron chi connectivity index (χ1n) is 9.33. The van der Waals surface area contributed by atoms with Crippen molar-refractivity contribution < 1.29 is 9.18 Å². The SMILES string of the molecule is CCCCN(Cc1ccccc1F)C(=O)CC(C)C1CCCNC1.Cl. The van der Waals surface area contributed by atoms with Crippen LogP contribution in [0.1, 0.15) is 51.5 Å². The molecule has 5 heteroatoms. The Morgan fingerprint density at radius 2 is 2.16 bits per heavy atom. The first-order chi connectivity index (χ1) is 11.6. The number of unbranched alkanes of at least 4 members (excludes halogenated alkanes) is 1. The number of carbonyl (C=O) groups excluding carboxylic acids is 1.